The van der Waals surface area contributed by atoms with E-state index in [4.69, 9.17) is 4.52 Å². The van der Waals surface area contributed by atoms with Gasteiger partial charge >= 0.3 is 6.03 Å². The van der Waals surface area contributed by atoms with Crippen molar-refractivity contribution in [1.29, 1.82) is 0 Å². The molecule has 3 rings (SSSR count). The van der Waals surface area contributed by atoms with E-state index in [0.717, 1.165) is 18.9 Å². The van der Waals surface area contributed by atoms with Gasteiger partial charge in [-0.15, -0.1) is 0 Å². The van der Waals surface area contributed by atoms with Crippen molar-refractivity contribution in [3.63, 3.8) is 0 Å². The molecule has 0 spiro atoms. The Labute approximate surface area is 135 Å². The van der Waals surface area contributed by atoms with E-state index in [1.165, 1.54) is 5.56 Å². The summed E-state index contributed by atoms with van der Waals surface area (Å²) in [6, 6.07) is 3.94. The summed E-state index contributed by atoms with van der Waals surface area (Å²) in [6.07, 6.45) is 1.82. The molecule has 2 amide bonds. The number of rotatable bonds is 2. The number of aryl methyl sites for hydroxylation is 3. The number of piperazine rings is 1. The maximum atomic E-state index is 12.4. The Bertz CT molecular complexity index is 685. The van der Waals surface area contributed by atoms with Crippen molar-refractivity contribution in [2.45, 2.75) is 20.8 Å². The fraction of sp³-hybridized carbons (Fsp3) is 0.438. The zero-order valence-electron chi connectivity index (χ0n) is 13.7. The van der Waals surface area contributed by atoms with Gasteiger partial charge in [0.15, 0.2) is 5.76 Å². The molecule has 0 aliphatic carbocycles. The molecule has 0 aromatic carbocycles. The molecular weight excluding hydrogens is 294 g/mol. The van der Waals surface area contributed by atoms with Gasteiger partial charge in [-0.3, -0.25) is 0 Å². The number of hydrogen-bond donors (Lipinski definition) is 1. The Hall–Kier alpha value is -2.57. The van der Waals surface area contributed by atoms with Crippen LogP contribution in [0.3, 0.4) is 0 Å². The molecule has 0 saturated carbocycles. The van der Waals surface area contributed by atoms with E-state index in [-0.39, 0.29) is 6.03 Å². The summed E-state index contributed by atoms with van der Waals surface area (Å²) in [5.41, 5.74) is 2.55. The molecule has 1 N–H and O–H groups in total. The molecule has 1 fully saturated rings. The topological polar surface area (TPSA) is 74.5 Å². The van der Waals surface area contributed by atoms with Gasteiger partial charge in [0, 0.05) is 32.4 Å². The molecule has 1 aliphatic rings. The molecule has 3 heterocycles. The molecule has 122 valence electrons. The number of amides is 2. The van der Waals surface area contributed by atoms with Crippen LogP contribution in [0.5, 0.6) is 0 Å². The van der Waals surface area contributed by atoms with Crippen LogP contribution < -0.4 is 10.2 Å². The zero-order chi connectivity index (χ0) is 16.4. The van der Waals surface area contributed by atoms with Crippen LogP contribution in [-0.2, 0) is 0 Å². The Balaban J connectivity index is 1.59. The average Bonchev–Trinajstić information content (AvgIpc) is 2.87. The van der Waals surface area contributed by atoms with Crippen molar-refractivity contribution in [3.05, 3.63) is 35.3 Å². The second kappa shape index (κ2) is 6.28. The van der Waals surface area contributed by atoms with E-state index < -0.39 is 0 Å². The van der Waals surface area contributed by atoms with Crippen LogP contribution in [0.1, 0.15) is 17.0 Å². The van der Waals surface area contributed by atoms with Crippen molar-refractivity contribution < 1.29 is 9.32 Å². The predicted molar refractivity (Wildman–Crippen MR) is 87.8 cm³/mol. The number of hydrogen-bond acceptors (Lipinski definition) is 5. The minimum absolute atomic E-state index is 0.115. The van der Waals surface area contributed by atoms with E-state index >= 15 is 0 Å². The van der Waals surface area contributed by atoms with Crippen LogP contribution in [0, 0.1) is 20.8 Å². The zero-order valence-corrected chi connectivity index (χ0v) is 13.7. The molecule has 7 nitrogen and oxygen atoms in total. The Kier molecular flexibility index (Phi) is 4.18. The quantitative estimate of drug-likeness (QED) is 0.921. The lowest BCUT2D eigenvalue weighted by Gasteiger charge is -2.35. The first-order valence-corrected chi connectivity index (χ1v) is 7.71. The van der Waals surface area contributed by atoms with E-state index in [1.807, 2.05) is 19.2 Å². The number of anilines is 2. The number of urea groups is 1. The smallest absolute Gasteiger partial charge is 0.322 e. The Morgan fingerprint density at radius 2 is 1.96 bits per heavy atom. The van der Waals surface area contributed by atoms with E-state index in [2.05, 4.69) is 33.3 Å². The largest absolute Gasteiger partial charge is 0.359 e. The number of nitrogens with zero attached hydrogens (tertiary/aromatic N) is 4. The highest BCUT2D eigenvalue weighted by atomic mass is 16.5. The predicted octanol–water partition coefficient (Wildman–Crippen LogP) is 2.35. The van der Waals surface area contributed by atoms with Gasteiger partial charge in [-0.1, -0.05) is 5.16 Å². The molecule has 2 aromatic rings. The van der Waals surface area contributed by atoms with Gasteiger partial charge in [0.05, 0.1) is 0 Å². The van der Waals surface area contributed by atoms with Crippen LogP contribution in [-0.4, -0.2) is 47.3 Å². The van der Waals surface area contributed by atoms with Crippen LogP contribution >= 0.6 is 0 Å². The molecule has 0 bridgehead atoms. The van der Waals surface area contributed by atoms with Crippen molar-refractivity contribution in [3.8, 4) is 0 Å². The maximum Gasteiger partial charge on any atom is 0.322 e. The summed E-state index contributed by atoms with van der Waals surface area (Å²) in [4.78, 5) is 20.8. The first-order chi connectivity index (χ1) is 11.0. The lowest BCUT2D eigenvalue weighted by molar-refractivity contribution is 0.208. The van der Waals surface area contributed by atoms with Gasteiger partial charge in [0.1, 0.15) is 17.2 Å². The number of pyridine rings is 1. The number of carbonyl (C=O) groups excluding carboxylic acids is 1. The normalized spacial score (nSPS) is 14.9. The summed E-state index contributed by atoms with van der Waals surface area (Å²) in [7, 11) is 0. The Morgan fingerprint density at radius 3 is 2.57 bits per heavy atom. The SMILES string of the molecule is Cc1ccnc(N2CCN(C(=O)Nc3c(C)noc3C)CC2)c1. The van der Waals surface area contributed by atoms with Crippen molar-refractivity contribution >= 4 is 17.5 Å². The van der Waals surface area contributed by atoms with Gasteiger partial charge in [-0.25, -0.2) is 9.78 Å². The average molecular weight is 315 g/mol. The van der Waals surface area contributed by atoms with Crippen molar-refractivity contribution in [2.75, 3.05) is 36.4 Å². The van der Waals surface area contributed by atoms with Gasteiger partial charge in [0.2, 0.25) is 0 Å². The van der Waals surface area contributed by atoms with E-state index in [1.54, 1.807) is 11.8 Å². The lowest BCUT2D eigenvalue weighted by atomic mass is 10.2. The first-order valence-electron chi connectivity index (χ1n) is 7.71. The van der Waals surface area contributed by atoms with Crippen LogP contribution in [0.2, 0.25) is 0 Å². The molecule has 23 heavy (non-hydrogen) atoms. The highest BCUT2D eigenvalue weighted by Gasteiger charge is 2.23. The summed E-state index contributed by atoms with van der Waals surface area (Å²) >= 11 is 0. The third-order valence-corrected chi connectivity index (χ3v) is 4.06. The van der Waals surface area contributed by atoms with Crippen LogP contribution in [0.15, 0.2) is 22.9 Å². The van der Waals surface area contributed by atoms with Crippen molar-refractivity contribution in [1.82, 2.24) is 15.0 Å². The molecule has 1 saturated heterocycles. The standard InChI is InChI=1S/C16H21N5O2/c1-11-4-5-17-14(10-11)20-6-8-21(9-7-20)16(22)18-15-12(2)19-23-13(15)3/h4-5,10H,6-9H2,1-3H3,(H,18,22). The van der Waals surface area contributed by atoms with Gasteiger partial charge in [-0.2, -0.15) is 0 Å². The third kappa shape index (κ3) is 3.28. The lowest BCUT2D eigenvalue weighted by Crippen LogP contribution is -2.50. The molecule has 7 heteroatoms. The molecule has 2 aromatic heterocycles. The minimum Gasteiger partial charge on any atom is -0.359 e. The minimum atomic E-state index is -0.115. The molecular formula is C16H21N5O2. The fourth-order valence-corrected chi connectivity index (χ4v) is 2.68. The van der Waals surface area contributed by atoms with E-state index in [0.29, 0.717) is 30.2 Å². The molecule has 0 unspecified atom stereocenters. The van der Waals surface area contributed by atoms with Gasteiger partial charge in [-0.05, 0) is 38.5 Å². The maximum absolute atomic E-state index is 12.4. The molecule has 0 radical (unpaired) electrons. The monoisotopic (exact) mass is 315 g/mol. The number of carbonyl (C=O) groups is 1. The van der Waals surface area contributed by atoms with E-state index in [9.17, 15) is 4.79 Å². The van der Waals surface area contributed by atoms with Crippen molar-refractivity contribution in [2.24, 2.45) is 0 Å². The molecule has 0 atom stereocenters. The Morgan fingerprint density at radius 1 is 1.22 bits per heavy atom. The third-order valence-electron chi connectivity index (χ3n) is 4.06. The summed E-state index contributed by atoms with van der Waals surface area (Å²) in [5.74, 6) is 1.59. The highest BCUT2D eigenvalue weighted by Crippen LogP contribution is 2.20. The first kappa shape index (κ1) is 15.3. The summed E-state index contributed by atoms with van der Waals surface area (Å²) in [5, 5.41) is 6.74. The fourth-order valence-electron chi connectivity index (χ4n) is 2.68. The molecule has 1 aliphatic heterocycles. The van der Waals surface area contributed by atoms with Crippen LogP contribution in [0.25, 0.3) is 0 Å². The van der Waals surface area contributed by atoms with Gasteiger partial charge in [0.25, 0.3) is 0 Å². The summed E-state index contributed by atoms with van der Waals surface area (Å²) < 4.78 is 5.07. The number of aromatic nitrogens is 2. The number of nitrogens with one attached hydrogen (secondary N) is 1. The highest BCUT2D eigenvalue weighted by molar-refractivity contribution is 5.90. The van der Waals surface area contributed by atoms with Gasteiger partial charge < -0.3 is 19.6 Å². The second-order valence-electron chi connectivity index (χ2n) is 5.79. The summed E-state index contributed by atoms with van der Waals surface area (Å²) in [6.45, 7) is 8.51. The second-order valence-corrected chi connectivity index (χ2v) is 5.79. The van der Waals surface area contributed by atoms with Crippen LogP contribution in [0.4, 0.5) is 16.3 Å².